The summed E-state index contributed by atoms with van der Waals surface area (Å²) in [4.78, 5) is 21.0. The molecule has 2 rings (SSSR count). The van der Waals surface area contributed by atoms with Crippen LogP contribution in [0.1, 0.15) is 15.9 Å². The van der Waals surface area contributed by atoms with Crippen molar-refractivity contribution in [2.75, 3.05) is 7.05 Å². The Balaban J connectivity index is 2.13. The lowest BCUT2D eigenvalue weighted by Crippen LogP contribution is -2.27. The Kier molecular flexibility index (Phi) is 3.62. The number of carbonyl (C=O) groups is 1. The molecular weight excluding hydrogens is 233 g/mol. The maximum absolute atomic E-state index is 13.4. The lowest BCUT2D eigenvalue weighted by molar-refractivity contribution is 0.0780. The highest BCUT2D eigenvalue weighted by atomic mass is 19.1. The van der Waals surface area contributed by atoms with Crippen molar-refractivity contribution in [3.63, 3.8) is 0 Å². The Labute approximate surface area is 104 Å². The van der Waals surface area contributed by atoms with Gasteiger partial charge in [0.05, 0.1) is 11.8 Å². The number of nitrogens with zero attached hydrogens (tertiary/aromatic N) is 3. The van der Waals surface area contributed by atoms with Gasteiger partial charge in [-0.2, -0.15) is 0 Å². The van der Waals surface area contributed by atoms with E-state index in [1.807, 2.05) is 6.07 Å². The van der Waals surface area contributed by atoms with Gasteiger partial charge < -0.3 is 4.90 Å². The van der Waals surface area contributed by atoms with Crippen LogP contribution >= 0.6 is 0 Å². The van der Waals surface area contributed by atoms with Crippen LogP contribution in [0.25, 0.3) is 0 Å². The van der Waals surface area contributed by atoms with Crippen molar-refractivity contribution in [1.29, 1.82) is 0 Å². The molecule has 0 radical (unpaired) electrons. The molecule has 0 unspecified atom stereocenters. The number of carbonyl (C=O) groups excluding carboxylic acids is 1. The molecule has 0 bridgehead atoms. The van der Waals surface area contributed by atoms with Gasteiger partial charge in [0.1, 0.15) is 0 Å². The van der Waals surface area contributed by atoms with Crippen LogP contribution in [0.5, 0.6) is 0 Å². The molecule has 0 atom stereocenters. The van der Waals surface area contributed by atoms with Crippen LogP contribution in [0.4, 0.5) is 4.39 Å². The second-order valence-corrected chi connectivity index (χ2v) is 3.88. The van der Waals surface area contributed by atoms with Crippen molar-refractivity contribution >= 4 is 5.91 Å². The molecule has 1 amide bonds. The predicted octanol–water partition coefficient (Wildman–Crippen LogP) is 1.89. The molecule has 0 saturated heterocycles. The second-order valence-electron chi connectivity index (χ2n) is 3.88. The highest BCUT2D eigenvalue weighted by Gasteiger charge is 2.15. The van der Waals surface area contributed by atoms with Crippen LogP contribution in [0.3, 0.4) is 0 Å². The molecule has 0 aliphatic carbocycles. The van der Waals surface area contributed by atoms with Crippen LogP contribution in [-0.2, 0) is 6.54 Å². The number of amides is 1. The van der Waals surface area contributed by atoms with Crippen molar-refractivity contribution < 1.29 is 9.18 Å². The highest BCUT2D eigenvalue weighted by molar-refractivity contribution is 5.94. The monoisotopic (exact) mass is 245 g/mol. The van der Waals surface area contributed by atoms with Crippen LogP contribution in [0, 0.1) is 5.82 Å². The number of rotatable bonds is 3. The largest absolute Gasteiger partial charge is 0.337 e. The Morgan fingerprint density at radius 1 is 1.28 bits per heavy atom. The molecule has 0 aromatic carbocycles. The normalized spacial score (nSPS) is 10.1. The van der Waals surface area contributed by atoms with Gasteiger partial charge >= 0.3 is 0 Å². The Morgan fingerprint density at radius 2 is 2.06 bits per heavy atom. The van der Waals surface area contributed by atoms with E-state index in [2.05, 4.69) is 9.97 Å². The Morgan fingerprint density at radius 3 is 2.72 bits per heavy atom. The summed E-state index contributed by atoms with van der Waals surface area (Å²) in [5.41, 5.74) is 0.916. The number of hydrogen-bond acceptors (Lipinski definition) is 3. The molecule has 92 valence electrons. The second kappa shape index (κ2) is 5.35. The highest BCUT2D eigenvalue weighted by Crippen LogP contribution is 2.10. The van der Waals surface area contributed by atoms with Gasteiger partial charge in [-0.05, 0) is 17.7 Å². The van der Waals surface area contributed by atoms with Crippen molar-refractivity contribution in [3.8, 4) is 0 Å². The summed E-state index contributed by atoms with van der Waals surface area (Å²) in [7, 11) is 1.62. The van der Waals surface area contributed by atoms with Gasteiger partial charge in [-0.1, -0.05) is 6.07 Å². The minimum absolute atomic E-state index is 0.0244. The average Bonchev–Trinajstić information content (AvgIpc) is 2.39. The molecule has 4 nitrogen and oxygen atoms in total. The quantitative estimate of drug-likeness (QED) is 0.829. The summed E-state index contributed by atoms with van der Waals surface area (Å²) in [6.07, 6.45) is 5.76. The zero-order chi connectivity index (χ0) is 13.0. The van der Waals surface area contributed by atoms with Crippen molar-refractivity contribution in [2.45, 2.75) is 6.54 Å². The molecule has 0 saturated carbocycles. The lowest BCUT2D eigenvalue weighted by atomic mass is 10.2. The van der Waals surface area contributed by atoms with Gasteiger partial charge in [0.25, 0.3) is 5.91 Å². The first-order chi connectivity index (χ1) is 8.68. The summed E-state index contributed by atoms with van der Waals surface area (Å²) in [5.74, 6) is -0.987. The molecule has 2 aromatic heterocycles. The fourth-order valence-corrected chi connectivity index (χ4v) is 1.59. The topological polar surface area (TPSA) is 46.1 Å². The lowest BCUT2D eigenvalue weighted by Gasteiger charge is -2.17. The summed E-state index contributed by atoms with van der Waals surface area (Å²) in [5, 5.41) is 0. The summed E-state index contributed by atoms with van der Waals surface area (Å²) < 4.78 is 13.4. The standard InChI is InChI=1S/C13H12FN3O/c1-17(9-10-3-2-5-15-7-10)13(18)11-4-6-16-8-12(11)14/h2-8H,9H2,1H3. The Hall–Kier alpha value is -2.30. The number of pyridine rings is 2. The van der Waals surface area contributed by atoms with Crippen molar-refractivity contribution in [1.82, 2.24) is 14.9 Å². The van der Waals surface area contributed by atoms with E-state index in [0.717, 1.165) is 11.8 Å². The molecular formula is C13H12FN3O. The number of hydrogen-bond donors (Lipinski definition) is 0. The molecule has 0 fully saturated rings. The molecule has 2 aromatic rings. The molecule has 0 spiro atoms. The molecule has 5 heteroatoms. The third kappa shape index (κ3) is 2.68. The zero-order valence-electron chi connectivity index (χ0n) is 9.88. The maximum atomic E-state index is 13.4. The molecule has 18 heavy (non-hydrogen) atoms. The van der Waals surface area contributed by atoms with Crippen LogP contribution in [-0.4, -0.2) is 27.8 Å². The molecule has 0 N–H and O–H groups in total. The first kappa shape index (κ1) is 12.2. The molecule has 2 heterocycles. The van der Waals surface area contributed by atoms with Gasteiger partial charge in [0.15, 0.2) is 5.82 Å². The van der Waals surface area contributed by atoms with Gasteiger partial charge in [0, 0.05) is 32.2 Å². The van der Waals surface area contributed by atoms with Crippen LogP contribution < -0.4 is 0 Å². The maximum Gasteiger partial charge on any atom is 0.256 e. The fraction of sp³-hybridized carbons (Fsp3) is 0.154. The third-order valence-corrected chi connectivity index (χ3v) is 2.49. The number of aromatic nitrogens is 2. The molecule has 0 aliphatic rings. The third-order valence-electron chi connectivity index (χ3n) is 2.49. The van der Waals surface area contributed by atoms with Gasteiger partial charge in [-0.15, -0.1) is 0 Å². The fourth-order valence-electron chi connectivity index (χ4n) is 1.59. The first-order valence-electron chi connectivity index (χ1n) is 5.42. The number of halogens is 1. The summed E-state index contributed by atoms with van der Waals surface area (Å²) in [6.45, 7) is 0.383. The van der Waals surface area contributed by atoms with Gasteiger partial charge in [0.2, 0.25) is 0 Å². The van der Waals surface area contributed by atoms with E-state index in [1.54, 1.807) is 25.5 Å². The van der Waals surface area contributed by atoms with Crippen molar-refractivity contribution in [2.24, 2.45) is 0 Å². The van der Waals surface area contributed by atoms with Gasteiger partial charge in [-0.3, -0.25) is 14.8 Å². The van der Waals surface area contributed by atoms with E-state index < -0.39 is 5.82 Å². The van der Waals surface area contributed by atoms with Crippen LogP contribution in [0.15, 0.2) is 43.0 Å². The van der Waals surface area contributed by atoms with E-state index >= 15 is 0 Å². The Bertz CT molecular complexity index is 545. The zero-order valence-corrected chi connectivity index (χ0v) is 9.88. The molecule has 0 aliphatic heterocycles. The summed E-state index contributed by atoms with van der Waals surface area (Å²) >= 11 is 0. The van der Waals surface area contributed by atoms with Crippen LogP contribution in [0.2, 0.25) is 0 Å². The van der Waals surface area contributed by atoms with E-state index in [4.69, 9.17) is 0 Å². The van der Waals surface area contributed by atoms with Crippen molar-refractivity contribution in [3.05, 3.63) is 59.9 Å². The SMILES string of the molecule is CN(Cc1cccnc1)C(=O)c1ccncc1F. The average molecular weight is 245 g/mol. The summed E-state index contributed by atoms with van der Waals surface area (Å²) in [6, 6.07) is 5.03. The minimum Gasteiger partial charge on any atom is -0.337 e. The minimum atomic E-state index is -0.611. The predicted molar refractivity (Wildman–Crippen MR) is 64.2 cm³/mol. The van der Waals surface area contributed by atoms with E-state index in [9.17, 15) is 9.18 Å². The van der Waals surface area contributed by atoms with Gasteiger partial charge in [-0.25, -0.2) is 4.39 Å². The smallest absolute Gasteiger partial charge is 0.256 e. The van der Waals surface area contributed by atoms with E-state index in [-0.39, 0.29) is 11.5 Å². The van der Waals surface area contributed by atoms with E-state index in [1.165, 1.54) is 17.2 Å². The first-order valence-corrected chi connectivity index (χ1v) is 5.42. The van der Waals surface area contributed by atoms with E-state index in [0.29, 0.717) is 6.54 Å².